The van der Waals surface area contributed by atoms with Crippen LogP contribution in [0.25, 0.3) is 0 Å². The maximum atomic E-state index is 12.8. The molecule has 4 rings (SSSR count). The average molecular weight is 345 g/mol. The topological polar surface area (TPSA) is 39.7 Å². The highest BCUT2D eigenvalue weighted by molar-refractivity contribution is 6.31. The largest absolute Gasteiger partial charge is 0.337 e. The molecule has 4 heterocycles. The molecule has 1 aromatic heterocycles. The third-order valence-corrected chi connectivity index (χ3v) is 5.29. The van der Waals surface area contributed by atoms with Crippen LogP contribution in [-0.2, 0) is 0 Å². The summed E-state index contributed by atoms with van der Waals surface area (Å²) in [5, 5.41) is 0.663. The lowest BCUT2D eigenvalue weighted by molar-refractivity contribution is 0.0770. The van der Waals surface area contributed by atoms with Crippen LogP contribution in [0.5, 0.6) is 0 Å². The predicted molar refractivity (Wildman–Crippen MR) is 95.0 cm³/mol. The number of rotatable bonds is 2. The molecular formula is C18H21ClN4O. The number of hydrogen-bond acceptors (Lipinski definition) is 4. The van der Waals surface area contributed by atoms with E-state index in [4.69, 9.17) is 11.6 Å². The number of hydrogen-bond donors (Lipinski definition) is 0. The minimum Gasteiger partial charge on any atom is -0.337 e. The molecule has 2 saturated heterocycles. The lowest BCUT2D eigenvalue weighted by atomic mass is 10.0. The Morgan fingerprint density at radius 3 is 2.67 bits per heavy atom. The first-order valence-corrected chi connectivity index (χ1v) is 8.73. The number of allylic oxidation sites excluding steroid dienone is 2. The van der Waals surface area contributed by atoms with Gasteiger partial charge < -0.3 is 14.7 Å². The van der Waals surface area contributed by atoms with Gasteiger partial charge in [0.15, 0.2) is 0 Å². The van der Waals surface area contributed by atoms with Crippen LogP contribution < -0.4 is 4.90 Å². The number of carbonyl (C=O) groups is 1. The maximum Gasteiger partial charge on any atom is 0.272 e. The molecule has 2 fully saturated rings. The van der Waals surface area contributed by atoms with E-state index in [-0.39, 0.29) is 5.91 Å². The van der Waals surface area contributed by atoms with E-state index in [1.165, 1.54) is 0 Å². The summed E-state index contributed by atoms with van der Waals surface area (Å²) in [6.07, 6.45) is 5.69. The molecule has 0 spiro atoms. The second kappa shape index (κ2) is 6.22. The summed E-state index contributed by atoms with van der Waals surface area (Å²) < 4.78 is 0. The van der Waals surface area contributed by atoms with Gasteiger partial charge in [-0.15, -0.1) is 0 Å². The molecule has 0 N–H and O–H groups in total. The summed E-state index contributed by atoms with van der Waals surface area (Å²) in [6.45, 7) is 4.58. The molecular weight excluding hydrogens is 324 g/mol. The zero-order valence-corrected chi connectivity index (χ0v) is 14.5. The van der Waals surface area contributed by atoms with Crippen molar-refractivity contribution in [3.8, 4) is 0 Å². The SMILES string of the molecule is CN1CC2CN(C(=O)c3cccc(N4C=C(Cl)C=CC4)n3)CC2C1. The maximum absolute atomic E-state index is 12.8. The molecule has 24 heavy (non-hydrogen) atoms. The van der Waals surface area contributed by atoms with Gasteiger partial charge in [0, 0.05) is 38.9 Å². The molecule has 6 heteroatoms. The molecule has 2 unspecified atom stereocenters. The summed E-state index contributed by atoms with van der Waals surface area (Å²) in [7, 11) is 2.15. The number of pyridine rings is 1. The Labute approximate surface area is 147 Å². The van der Waals surface area contributed by atoms with Gasteiger partial charge in [0.05, 0.1) is 5.03 Å². The van der Waals surface area contributed by atoms with Crippen LogP contribution >= 0.6 is 11.6 Å². The van der Waals surface area contributed by atoms with Crippen molar-refractivity contribution in [2.24, 2.45) is 11.8 Å². The van der Waals surface area contributed by atoms with Crippen molar-refractivity contribution >= 4 is 23.3 Å². The van der Waals surface area contributed by atoms with Gasteiger partial charge in [0.1, 0.15) is 11.5 Å². The summed E-state index contributed by atoms with van der Waals surface area (Å²) in [5.41, 5.74) is 0.514. The molecule has 126 valence electrons. The van der Waals surface area contributed by atoms with E-state index in [1.54, 1.807) is 6.07 Å². The minimum absolute atomic E-state index is 0.0385. The van der Waals surface area contributed by atoms with Gasteiger partial charge in [0.2, 0.25) is 0 Å². The molecule has 1 aromatic rings. The van der Waals surface area contributed by atoms with Crippen molar-refractivity contribution in [2.45, 2.75) is 0 Å². The van der Waals surface area contributed by atoms with E-state index in [0.29, 0.717) is 29.1 Å². The van der Waals surface area contributed by atoms with E-state index >= 15 is 0 Å². The van der Waals surface area contributed by atoms with E-state index < -0.39 is 0 Å². The first-order chi connectivity index (χ1) is 11.6. The monoisotopic (exact) mass is 344 g/mol. The molecule has 0 aromatic carbocycles. The van der Waals surface area contributed by atoms with Crippen LogP contribution in [0.3, 0.4) is 0 Å². The van der Waals surface area contributed by atoms with E-state index in [9.17, 15) is 4.79 Å². The Morgan fingerprint density at radius 1 is 1.21 bits per heavy atom. The standard InChI is InChI=1S/C18H21ClN4O/c1-21-8-13-10-23(11-14(13)9-21)18(24)16-5-2-6-17(20-16)22-7-3-4-15(19)12-22/h2-6,12-14H,7-11H2,1H3. The Kier molecular flexibility index (Phi) is 4.06. The van der Waals surface area contributed by atoms with Gasteiger partial charge >= 0.3 is 0 Å². The van der Waals surface area contributed by atoms with Gasteiger partial charge in [0.25, 0.3) is 5.91 Å². The van der Waals surface area contributed by atoms with Crippen molar-refractivity contribution in [2.75, 3.05) is 44.7 Å². The number of aromatic nitrogens is 1. The zero-order chi connectivity index (χ0) is 16.7. The fourth-order valence-electron chi connectivity index (χ4n) is 3.94. The smallest absolute Gasteiger partial charge is 0.272 e. The van der Waals surface area contributed by atoms with Crippen molar-refractivity contribution in [3.05, 3.63) is 47.3 Å². The molecule has 5 nitrogen and oxygen atoms in total. The summed E-state index contributed by atoms with van der Waals surface area (Å²) in [5.74, 6) is 2.01. The minimum atomic E-state index is 0.0385. The Morgan fingerprint density at radius 2 is 1.96 bits per heavy atom. The van der Waals surface area contributed by atoms with Gasteiger partial charge in [-0.25, -0.2) is 4.98 Å². The van der Waals surface area contributed by atoms with Crippen LogP contribution in [0.1, 0.15) is 10.5 Å². The first-order valence-electron chi connectivity index (χ1n) is 8.35. The number of fused-ring (bicyclic) bond motifs is 1. The van der Waals surface area contributed by atoms with Crippen LogP contribution in [0, 0.1) is 11.8 Å². The second-order valence-electron chi connectivity index (χ2n) is 6.90. The zero-order valence-electron chi connectivity index (χ0n) is 13.7. The van der Waals surface area contributed by atoms with Crippen molar-refractivity contribution in [1.82, 2.24) is 14.8 Å². The normalized spacial score (nSPS) is 26.7. The quantitative estimate of drug-likeness (QED) is 0.824. The molecule has 3 aliphatic rings. The first kappa shape index (κ1) is 15.7. The fourth-order valence-corrected chi connectivity index (χ4v) is 4.15. The Bertz CT molecular complexity index is 703. The van der Waals surface area contributed by atoms with Crippen LogP contribution in [-0.4, -0.2) is 60.5 Å². The van der Waals surface area contributed by atoms with Gasteiger partial charge in [-0.1, -0.05) is 23.7 Å². The summed E-state index contributed by atoms with van der Waals surface area (Å²) in [6, 6.07) is 5.60. The van der Waals surface area contributed by atoms with Crippen LogP contribution in [0.15, 0.2) is 41.6 Å². The average Bonchev–Trinajstić information content (AvgIpc) is 3.11. The summed E-state index contributed by atoms with van der Waals surface area (Å²) >= 11 is 6.06. The van der Waals surface area contributed by atoms with Gasteiger partial charge in [-0.05, 0) is 37.1 Å². The van der Waals surface area contributed by atoms with E-state index in [0.717, 1.165) is 32.0 Å². The molecule has 3 aliphatic heterocycles. The molecule has 0 aliphatic carbocycles. The van der Waals surface area contributed by atoms with Gasteiger partial charge in [-0.3, -0.25) is 4.79 Å². The third kappa shape index (κ3) is 2.94. The lowest BCUT2D eigenvalue weighted by Crippen LogP contribution is -2.33. The lowest BCUT2D eigenvalue weighted by Gasteiger charge is -2.22. The number of carbonyl (C=O) groups excluding carboxylic acids is 1. The molecule has 2 atom stereocenters. The van der Waals surface area contributed by atoms with Crippen molar-refractivity contribution in [1.29, 1.82) is 0 Å². The van der Waals surface area contributed by atoms with Crippen LogP contribution in [0.4, 0.5) is 5.82 Å². The second-order valence-corrected chi connectivity index (χ2v) is 7.34. The molecule has 1 amide bonds. The van der Waals surface area contributed by atoms with Gasteiger partial charge in [-0.2, -0.15) is 0 Å². The predicted octanol–water partition coefficient (Wildman–Crippen LogP) is 2.17. The van der Waals surface area contributed by atoms with Crippen molar-refractivity contribution < 1.29 is 4.79 Å². The number of anilines is 1. The van der Waals surface area contributed by atoms with Crippen molar-refractivity contribution in [3.63, 3.8) is 0 Å². The Hall–Kier alpha value is -1.85. The number of halogens is 1. The molecule has 0 saturated carbocycles. The highest BCUT2D eigenvalue weighted by atomic mass is 35.5. The Balaban J connectivity index is 1.50. The molecule has 0 radical (unpaired) electrons. The highest BCUT2D eigenvalue weighted by Crippen LogP contribution is 2.31. The number of amides is 1. The number of likely N-dealkylation sites (tertiary alicyclic amines) is 2. The number of nitrogens with zero attached hydrogens (tertiary/aromatic N) is 4. The molecule has 0 bridgehead atoms. The highest BCUT2D eigenvalue weighted by Gasteiger charge is 2.40. The van der Waals surface area contributed by atoms with E-state index in [1.807, 2.05) is 40.3 Å². The van der Waals surface area contributed by atoms with E-state index in [2.05, 4.69) is 16.9 Å². The third-order valence-electron chi connectivity index (χ3n) is 5.06. The van der Waals surface area contributed by atoms with Crippen LogP contribution in [0.2, 0.25) is 0 Å². The fraction of sp³-hybridized carbons (Fsp3) is 0.444. The summed E-state index contributed by atoms with van der Waals surface area (Å²) in [4.78, 5) is 23.7.